The summed E-state index contributed by atoms with van der Waals surface area (Å²) >= 11 is 0. The van der Waals surface area contributed by atoms with Gasteiger partial charge in [-0.1, -0.05) is 44.2 Å². The van der Waals surface area contributed by atoms with E-state index in [1.807, 2.05) is 49.4 Å². The summed E-state index contributed by atoms with van der Waals surface area (Å²) in [6.45, 7) is 8.44. The van der Waals surface area contributed by atoms with Gasteiger partial charge >= 0.3 is 0 Å². The molecule has 1 amide bonds. The summed E-state index contributed by atoms with van der Waals surface area (Å²) in [6, 6.07) is 15.8. The zero-order chi connectivity index (χ0) is 20.1. The van der Waals surface area contributed by atoms with E-state index in [1.165, 1.54) is 0 Å². The number of fused-ring (bicyclic) bond motifs is 1. The quantitative estimate of drug-likeness (QED) is 0.622. The number of para-hydroxylation sites is 1. The van der Waals surface area contributed by atoms with E-state index < -0.39 is 0 Å². The first-order valence-electron chi connectivity index (χ1n) is 9.73. The van der Waals surface area contributed by atoms with Crippen LogP contribution in [0.15, 0.2) is 52.9 Å². The number of carbonyl (C=O) groups excluding carboxylic acids is 1. The van der Waals surface area contributed by atoms with Crippen LogP contribution in [0.5, 0.6) is 5.75 Å². The lowest BCUT2D eigenvalue weighted by molar-refractivity contribution is 0.0908. The predicted molar refractivity (Wildman–Crippen MR) is 112 cm³/mol. The Morgan fingerprint density at radius 3 is 2.57 bits per heavy atom. The summed E-state index contributed by atoms with van der Waals surface area (Å²) in [5.41, 5.74) is 2.72. The molecule has 1 N–H and O–H groups in total. The van der Waals surface area contributed by atoms with E-state index in [1.54, 1.807) is 7.11 Å². The second-order valence-corrected chi connectivity index (χ2v) is 6.78. The normalized spacial score (nSPS) is 12.3. The van der Waals surface area contributed by atoms with Gasteiger partial charge in [-0.3, -0.25) is 9.69 Å². The van der Waals surface area contributed by atoms with E-state index in [9.17, 15) is 4.79 Å². The van der Waals surface area contributed by atoms with Gasteiger partial charge in [0.25, 0.3) is 5.91 Å². The van der Waals surface area contributed by atoms with Gasteiger partial charge in [-0.2, -0.15) is 0 Å². The highest BCUT2D eigenvalue weighted by Crippen LogP contribution is 2.26. The molecule has 3 aromatic rings. The van der Waals surface area contributed by atoms with E-state index in [0.29, 0.717) is 12.3 Å². The van der Waals surface area contributed by atoms with Crippen LogP contribution in [0.3, 0.4) is 0 Å². The van der Waals surface area contributed by atoms with Crippen molar-refractivity contribution < 1.29 is 13.9 Å². The molecule has 3 rings (SSSR count). The Labute approximate surface area is 166 Å². The SMILES string of the molecule is CCN(CC)C(CNC(=O)c1oc2ccccc2c1C)c1cccc(OC)c1. The van der Waals surface area contributed by atoms with Crippen molar-refractivity contribution in [3.63, 3.8) is 0 Å². The van der Waals surface area contributed by atoms with Crippen molar-refractivity contribution in [2.24, 2.45) is 0 Å². The number of hydrogen-bond donors (Lipinski definition) is 1. The number of nitrogens with one attached hydrogen (secondary N) is 1. The predicted octanol–water partition coefficient (Wildman–Crippen LogP) is 4.56. The fourth-order valence-corrected chi connectivity index (χ4v) is 3.63. The molecule has 0 radical (unpaired) electrons. The molecule has 0 aliphatic rings. The summed E-state index contributed by atoms with van der Waals surface area (Å²) in [5.74, 6) is 1.01. The standard InChI is InChI=1S/C23H28N2O3/c1-5-25(6-2)20(17-10-9-11-18(14-17)27-4)15-24-23(26)22-16(3)19-12-7-8-13-21(19)28-22/h7-14,20H,5-6,15H2,1-4H3,(H,24,26). The van der Waals surface area contributed by atoms with Crippen molar-refractivity contribution in [2.75, 3.05) is 26.7 Å². The number of hydrogen-bond acceptors (Lipinski definition) is 4. The lowest BCUT2D eigenvalue weighted by Crippen LogP contribution is -2.38. The molecule has 28 heavy (non-hydrogen) atoms. The Hall–Kier alpha value is -2.79. The molecule has 0 saturated heterocycles. The largest absolute Gasteiger partial charge is 0.497 e. The van der Waals surface area contributed by atoms with Crippen LogP contribution < -0.4 is 10.1 Å². The molecular weight excluding hydrogens is 352 g/mol. The molecular formula is C23H28N2O3. The van der Waals surface area contributed by atoms with Gasteiger partial charge in [-0.05, 0) is 43.8 Å². The van der Waals surface area contributed by atoms with Gasteiger partial charge in [0.05, 0.1) is 13.2 Å². The first kappa shape index (κ1) is 20.0. The van der Waals surface area contributed by atoms with Gasteiger partial charge in [0, 0.05) is 17.5 Å². The maximum atomic E-state index is 12.8. The Morgan fingerprint density at radius 2 is 1.89 bits per heavy atom. The average molecular weight is 380 g/mol. The maximum absolute atomic E-state index is 12.8. The van der Waals surface area contributed by atoms with E-state index in [-0.39, 0.29) is 11.9 Å². The average Bonchev–Trinajstić information content (AvgIpc) is 3.08. The Balaban J connectivity index is 1.82. The van der Waals surface area contributed by atoms with Gasteiger partial charge in [0.1, 0.15) is 11.3 Å². The number of nitrogens with zero attached hydrogens (tertiary/aromatic N) is 1. The molecule has 0 aliphatic heterocycles. The molecule has 0 bridgehead atoms. The van der Waals surface area contributed by atoms with Crippen LogP contribution in [-0.4, -0.2) is 37.6 Å². The highest BCUT2D eigenvalue weighted by molar-refractivity contribution is 5.98. The summed E-state index contributed by atoms with van der Waals surface area (Å²) in [6.07, 6.45) is 0. The zero-order valence-corrected chi connectivity index (χ0v) is 17.0. The molecule has 0 aliphatic carbocycles. The van der Waals surface area contributed by atoms with Crippen molar-refractivity contribution in [2.45, 2.75) is 26.8 Å². The fourth-order valence-electron chi connectivity index (χ4n) is 3.63. The zero-order valence-electron chi connectivity index (χ0n) is 17.0. The lowest BCUT2D eigenvalue weighted by atomic mass is 10.0. The van der Waals surface area contributed by atoms with Crippen LogP contribution in [0.25, 0.3) is 11.0 Å². The van der Waals surface area contributed by atoms with Crippen LogP contribution in [0.4, 0.5) is 0 Å². The molecule has 0 saturated carbocycles. The minimum atomic E-state index is -0.186. The van der Waals surface area contributed by atoms with Gasteiger partial charge in [0.2, 0.25) is 0 Å². The molecule has 0 fully saturated rings. The topological polar surface area (TPSA) is 54.7 Å². The van der Waals surface area contributed by atoms with Crippen LogP contribution in [0.1, 0.15) is 41.6 Å². The molecule has 1 heterocycles. The molecule has 0 spiro atoms. The van der Waals surface area contributed by atoms with Crippen molar-refractivity contribution in [3.05, 3.63) is 65.4 Å². The number of amides is 1. The van der Waals surface area contributed by atoms with E-state index in [0.717, 1.165) is 40.9 Å². The monoisotopic (exact) mass is 380 g/mol. The third kappa shape index (κ3) is 4.04. The Bertz CT molecular complexity index is 944. The Kier molecular flexibility index (Phi) is 6.37. The van der Waals surface area contributed by atoms with Crippen LogP contribution >= 0.6 is 0 Å². The molecule has 1 atom stereocenters. The minimum Gasteiger partial charge on any atom is -0.497 e. The number of carbonyl (C=O) groups is 1. The number of aryl methyl sites for hydroxylation is 1. The van der Waals surface area contributed by atoms with E-state index in [2.05, 4.69) is 30.1 Å². The smallest absolute Gasteiger partial charge is 0.287 e. The van der Waals surface area contributed by atoms with Crippen LogP contribution in [-0.2, 0) is 0 Å². The number of benzene rings is 2. The second-order valence-electron chi connectivity index (χ2n) is 6.78. The van der Waals surface area contributed by atoms with Crippen molar-refractivity contribution in [1.29, 1.82) is 0 Å². The number of ether oxygens (including phenoxy) is 1. The van der Waals surface area contributed by atoms with Crippen LogP contribution in [0, 0.1) is 6.92 Å². The third-order valence-electron chi connectivity index (χ3n) is 5.24. The number of rotatable bonds is 8. The molecule has 148 valence electrons. The lowest BCUT2D eigenvalue weighted by Gasteiger charge is -2.30. The second kappa shape index (κ2) is 8.93. The number of methoxy groups -OCH3 is 1. The van der Waals surface area contributed by atoms with E-state index >= 15 is 0 Å². The summed E-state index contributed by atoms with van der Waals surface area (Å²) in [5, 5.41) is 4.04. The fraction of sp³-hybridized carbons (Fsp3) is 0.348. The number of furan rings is 1. The summed E-state index contributed by atoms with van der Waals surface area (Å²) in [4.78, 5) is 15.2. The van der Waals surface area contributed by atoms with Crippen molar-refractivity contribution in [1.82, 2.24) is 10.2 Å². The molecule has 5 nitrogen and oxygen atoms in total. The summed E-state index contributed by atoms with van der Waals surface area (Å²) < 4.78 is 11.2. The molecule has 1 unspecified atom stereocenters. The molecule has 1 aromatic heterocycles. The third-order valence-corrected chi connectivity index (χ3v) is 5.24. The first-order chi connectivity index (χ1) is 13.6. The molecule has 2 aromatic carbocycles. The van der Waals surface area contributed by atoms with Crippen molar-refractivity contribution >= 4 is 16.9 Å². The van der Waals surface area contributed by atoms with E-state index in [4.69, 9.17) is 9.15 Å². The van der Waals surface area contributed by atoms with Gasteiger partial charge in [0.15, 0.2) is 5.76 Å². The first-order valence-corrected chi connectivity index (χ1v) is 9.73. The minimum absolute atomic E-state index is 0.0544. The molecule has 5 heteroatoms. The highest BCUT2D eigenvalue weighted by Gasteiger charge is 2.22. The number of likely N-dealkylation sites (N-methyl/N-ethyl adjacent to an activating group) is 1. The van der Waals surface area contributed by atoms with Gasteiger partial charge in [-0.25, -0.2) is 0 Å². The van der Waals surface area contributed by atoms with Crippen molar-refractivity contribution in [3.8, 4) is 5.75 Å². The highest BCUT2D eigenvalue weighted by atomic mass is 16.5. The van der Waals surface area contributed by atoms with Gasteiger partial charge in [-0.15, -0.1) is 0 Å². The maximum Gasteiger partial charge on any atom is 0.287 e. The Morgan fingerprint density at radius 1 is 1.14 bits per heavy atom. The van der Waals surface area contributed by atoms with Gasteiger partial charge < -0.3 is 14.5 Å². The van der Waals surface area contributed by atoms with Crippen LogP contribution in [0.2, 0.25) is 0 Å². The summed E-state index contributed by atoms with van der Waals surface area (Å²) in [7, 11) is 1.66.